The van der Waals surface area contributed by atoms with Gasteiger partial charge in [0.1, 0.15) is 0 Å². The topological polar surface area (TPSA) is 20.2 Å². The number of aliphatic hydroxyl groups is 1. The molecular weight excluding hydrogens is 268 g/mol. The van der Waals surface area contributed by atoms with E-state index in [2.05, 4.69) is 78.0 Å². The Morgan fingerprint density at radius 2 is 1.68 bits per heavy atom. The summed E-state index contributed by atoms with van der Waals surface area (Å²) in [5.41, 5.74) is 2.68. The molecule has 1 heteroatoms. The van der Waals surface area contributed by atoms with E-state index in [9.17, 15) is 0 Å². The molecule has 0 amide bonds. The van der Waals surface area contributed by atoms with E-state index in [0.717, 1.165) is 25.2 Å². The van der Waals surface area contributed by atoms with Crippen molar-refractivity contribution in [3.8, 4) is 0 Å². The molecule has 0 fully saturated rings. The molecule has 0 radical (unpaired) electrons. The Bertz CT molecular complexity index is 401. The lowest BCUT2D eigenvalue weighted by atomic mass is 10.0. The van der Waals surface area contributed by atoms with Crippen molar-refractivity contribution in [3.63, 3.8) is 0 Å². The van der Waals surface area contributed by atoms with Crippen LogP contribution in [0.5, 0.6) is 0 Å². The third kappa shape index (κ3) is 11.6. The SMILES string of the molecule is CC(C)C.CC(C)c1cccc(/C=C/CCC[C@H](C)CO)c1. The maximum absolute atomic E-state index is 8.93. The maximum atomic E-state index is 8.93. The van der Waals surface area contributed by atoms with Crippen LogP contribution < -0.4 is 0 Å². The zero-order valence-corrected chi connectivity index (χ0v) is 15.5. The fourth-order valence-electron chi connectivity index (χ4n) is 1.92. The van der Waals surface area contributed by atoms with Gasteiger partial charge in [0.25, 0.3) is 0 Å². The highest BCUT2D eigenvalue weighted by Crippen LogP contribution is 2.16. The van der Waals surface area contributed by atoms with Crippen molar-refractivity contribution in [2.75, 3.05) is 6.61 Å². The van der Waals surface area contributed by atoms with E-state index in [1.54, 1.807) is 0 Å². The first kappa shape index (κ1) is 20.9. The molecule has 1 N–H and O–H groups in total. The van der Waals surface area contributed by atoms with Crippen molar-refractivity contribution >= 4 is 6.08 Å². The molecule has 0 bridgehead atoms. The first-order chi connectivity index (χ1) is 10.4. The van der Waals surface area contributed by atoms with Gasteiger partial charge >= 0.3 is 0 Å². The number of aliphatic hydroxyl groups excluding tert-OH is 1. The Hall–Kier alpha value is -1.08. The molecule has 0 unspecified atom stereocenters. The summed E-state index contributed by atoms with van der Waals surface area (Å²) < 4.78 is 0. The van der Waals surface area contributed by atoms with E-state index in [-0.39, 0.29) is 0 Å². The van der Waals surface area contributed by atoms with E-state index in [1.165, 1.54) is 11.1 Å². The van der Waals surface area contributed by atoms with Gasteiger partial charge in [-0.2, -0.15) is 0 Å². The Labute approximate surface area is 138 Å². The van der Waals surface area contributed by atoms with Crippen molar-refractivity contribution in [2.45, 2.75) is 66.7 Å². The van der Waals surface area contributed by atoms with Crippen LogP contribution >= 0.6 is 0 Å². The molecule has 0 spiro atoms. The average Bonchev–Trinajstić information content (AvgIpc) is 2.46. The largest absolute Gasteiger partial charge is 0.396 e. The molecule has 0 aliphatic heterocycles. The predicted molar refractivity (Wildman–Crippen MR) is 100 cm³/mol. The second-order valence-electron chi connectivity index (χ2n) is 7.18. The van der Waals surface area contributed by atoms with Gasteiger partial charge in [0.2, 0.25) is 0 Å². The van der Waals surface area contributed by atoms with Gasteiger partial charge in [0, 0.05) is 6.61 Å². The molecule has 0 aromatic heterocycles. The van der Waals surface area contributed by atoms with Crippen molar-refractivity contribution in [3.05, 3.63) is 41.5 Å². The molecule has 1 atom stereocenters. The lowest BCUT2D eigenvalue weighted by Crippen LogP contribution is -1.99. The third-order valence-corrected chi connectivity index (χ3v) is 3.27. The predicted octanol–water partition coefficient (Wildman–Crippen LogP) is 6.28. The van der Waals surface area contributed by atoms with Crippen LogP contribution in [0.1, 0.15) is 77.8 Å². The minimum absolute atomic E-state index is 0.306. The van der Waals surface area contributed by atoms with Crippen molar-refractivity contribution in [1.82, 2.24) is 0 Å². The lowest BCUT2D eigenvalue weighted by Gasteiger charge is -2.06. The van der Waals surface area contributed by atoms with Crippen molar-refractivity contribution in [1.29, 1.82) is 0 Å². The summed E-state index contributed by atoms with van der Waals surface area (Å²) in [6.07, 6.45) is 7.80. The summed E-state index contributed by atoms with van der Waals surface area (Å²) >= 11 is 0. The van der Waals surface area contributed by atoms with Crippen LogP contribution in [0.4, 0.5) is 0 Å². The van der Waals surface area contributed by atoms with E-state index in [4.69, 9.17) is 5.11 Å². The van der Waals surface area contributed by atoms with E-state index >= 15 is 0 Å². The van der Waals surface area contributed by atoms with Crippen molar-refractivity contribution in [2.24, 2.45) is 11.8 Å². The highest BCUT2D eigenvalue weighted by molar-refractivity contribution is 5.50. The normalized spacial score (nSPS) is 12.6. The molecule has 0 saturated heterocycles. The van der Waals surface area contributed by atoms with Gasteiger partial charge in [-0.25, -0.2) is 0 Å². The zero-order chi connectivity index (χ0) is 17.0. The number of hydrogen-bond donors (Lipinski definition) is 1. The Morgan fingerprint density at radius 3 is 2.23 bits per heavy atom. The van der Waals surface area contributed by atoms with Crippen LogP contribution in [0.3, 0.4) is 0 Å². The molecule has 0 heterocycles. The Kier molecular flexibility index (Phi) is 11.9. The zero-order valence-electron chi connectivity index (χ0n) is 15.5. The summed E-state index contributed by atoms with van der Waals surface area (Å²) in [6.45, 7) is 13.3. The quantitative estimate of drug-likeness (QED) is 0.587. The number of benzene rings is 1. The summed E-state index contributed by atoms with van der Waals surface area (Å²) in [5.74, 6) is 1.85. The smallest absolute Gasteiger partial charge is 0.0456 e. The van der Waals surface area contributed by atoms with E-state index < -0.39 is 0 Å². The standard InChI is InChI=1S/C17H26O.C4H10/c1-14(2)17-11-7-10-16(12-17)9-6-4-5-8-15(3)13-18;1-4(2)3/h6-7,9-12,14-15,18H,4-5,8,13H2,1-3H3;4H,1-3H3/b9-6+;/t15-;/m0./s1. The molecule has 22 heavy (non-hydrogen) atoms. The summed E-state index contributed by atoms with van der Waals surface area (Å²) in [6, 6.07) is 8.73. The molecule has 1 nitrogen and oxygen atoms in total. The second-order valence-corrected chi connectivity index (χ2v) is 7.18. The first-order valence-corrected chi connectivity index (χ1v) is 8.74. The average molecular weight is 305 g/mol. The fourth-order valence-corrected chi connectivity index (χ4v) is 1.92. The van der Waals surface area contributed by atoms with Gasteiger partial charge in [-0.3, -0.25) is 0 Å². The second kappa shape index (κ2) is 12.5. The molecular formula is C21H36O. The summed E-state index contributed by atoms with van der Waals surface area (Å²) in [5, 5.41) is 8.93. The minimum atomic E-state index is 0.306. The van der Waals surface area contributed by atoms with Gasteiger partial charge in [-0.05, 0) is 48.1 Å². The molecule has 0 saturated carbocycles. The molecule has 1 rings (SSSR count). The Balaban J connectivity index is 0.000000980. The molecule has 0 aliphatic rings. The summed E-state index contributed by atoms with van der Waals surface area (Å²) in [4.78, 5) is 0. The van der Waals surface area contributed by atoms with Gasteiger partial charge in [0.15, 0.2) is 0 Å². The van der Waals surface area contributed by atoms with Crippen LogP contribution in [0.15, 0.2) is 30.3 Å². The van der Waals surface area contributed by atoms with Gasteiger partial charge in [0.05, 0.1) is 0 Å². The van der Waals surface area contributed by atoms with Crippen LogP contribution in [0.25, 0.3) is 6.08 Å². The molecule has 1 aromatic rings. The number of allylic oxidation sites excluding steroid dienone is 1. The van der Waals surface area contributed by atoms with Crippen LogP contribution in [0, 0.1) is 11.8 Å². The van der Waals surface area contributed by atoms with Crippen LogP contribution in [-0.2, 0) is 0 Å². The highest BCUT2D eigenvalue weighted by Gasteiger charge is 1.99. The number of hydrogen-bond acceptors (Lipinski definition) is 1. The van der Waals surface area contributed by atoms with Gasteiger partial charge in [-0.15, -0.1) is 0 Å². The molecule has 0 aliphatic carbocycles. The monoisotopic (exact) mass is 304 g/mol. The van der Waals surface area contributed by atoms with Crippen molar-refractivity contribution < 1.29 is 5.11 Å². The molecule has 126 valence electrons. The minimum Gasteiger partial charge on any atom is -0.396 e. The summed E-state index contributed by atoms with van der Waals surface area (Å²) in [7, 11) is 0. The fraction of sp³-hybridized carbons (Fsp3) is 0.619. The van der Waals surface area contributed by atoms with E-state index in [1.807, 2.05) is 0 Å². The van der Waals surface area contributed by atoms with Crippen LogP contribution in [-0.4, -0.2) is 11.7 Å². The Morgan fingerprint density at radius 1 is 1.05 bits per heavy atom. The maximum Gasteiger partial charge on any atom is 0.0456 e. The van der Waals surface area contributed by atoms with Crippen LogP contribution in [0.2, 0.25) is 0 Å². The van der Waals surface area contributed by atoms with E-state index in [0.29, 0.717) is 18.4 Å². The molecule has 1 aromatic carbocycles. The third-order valence-electron chi connectivity index (χ3n) is 3.27. The number of rotatable bonds is 7. The first-order valence-electron chi connectivity index (χ1n) is 8.74. The number of unbranched alkanes of at least 4 members (excludes halogenated alkanes) is 1. The highest BCUT2D eigenvalue weighted by atomic mass is 16.3. The van der Waals surface area contributed by atoms with Gasteiger partial charge < -0.3 is 5.11 Å². The van der Waals surface area contributed by atoms with Gasteiger partial charge in [-0.1, -0.05) is 78.0 Å². The lowest BCUT2D eigenvalue weighted by molar-refractivity contribution is 0.228.